The number of para-hydroxylation sites is 2. The summed E-state index contributed by atoms with van der Waals surface area (Å²) in [5, 5.41) is 26.1. The number of nitrogens with zero attached hydrogens (tertiary/aromatic N) is 6. The van der Waals surface area contributed by atoms with Crippen molar-refractivity contribution in [3.63, 3.8) is 0 Å². The molecule has 160 valence electrons. The van der Waals surface area contributed by atoms with Gasteiger partial charge in [-0.25, -0.2) is 9.36 Å². The number of hydrogen-bond acceptors (Lipinski definition) is 4. The molecular formula is C28H18N6. The van der Waals surface area contributed by atoms with E-state index in [-0.39, 0.29) is 0 Å². The van der Waals surface area contributed by atoms with Gasteiger partial charge in [-0.2, -0.15) is 0 Å². The maximum atomic E-state index is 4.67. The summed E-state index contributed by atoms with van der Waals surface area (Å²) in [7, 11) is 0. The zero-order valence-corrected chi connectivity index (χ0v) is 18.1. The van der Waals surface area contributed by atoms with Crippen LogP contribution in [-0.4, -0.2) is 30.0 Å². The van der Waals surface area contributed by atoms with Crippen molar-refractivity contribution in [2.24, 2.45) is 0 Å². The van der Waals surface area contributed by atoms with Crippen LogP contribution in [0.4, 0.5) is 0 Å². The van der Waals surface area contributed by atoms with E-state index in [1.54, 1.807) is 0 Å². The molecule has 1 aliphatic carbocycles. The predicted molar refractivity (Wildman–Crippen MR) is 126 cm³/mol. The first kappa shape index (κ1) is 18.7. The quantitative estimate of drug-likeness (QED) is 0.404. The van der Waals surface area contributed by atoms with Crippen LogP contribution in [0.15, 0.2) is 109 Å². The van der Waals surface area contributed by atoms with Crippen LogP contribution in [0.2, 0.25) is 0 Å². The normalized spacial score (nSPS) is 15.8. The topological polar surface area (TPSA) is 61.4 Å². The number of aromatic nitrogens is 6. The lowest BCUT2D eigenvalue weighted by Crippen LogP contribution is -2.01. The molecule has 7 rings (SSSR count). The standard InChI is InChI=1S/C28H18N6/c1-3-11-19(12-4-1)33-27-23-17-9-10-18-24(23)28-26(30-32-34(28)20-13-5-2-6-14-20)22-16-8-7-15-21(22)25(27)29-31-33/h1-18H/b25-21+,26-22+,27-23+,28-24+. The molecule has 0 amide bonds. The smallest absolute Gasteiger partial charge is 0.122 e. The second kappa shape index (κ2) is 7.35. The third kappa shape index (κ3) is 2.69. The van der Waals surface area contributed by atoms with Crippen LogP contribution in [0.3, 0.4) is 0 Å². The fourth-order valence-electron chi connectivity index (χ4n) is 4.70. The van der Waals surface area contributed by atoms with Gasteiger partial charge in [-0.05, 0) is 24.3 Å². The molecule has 0 saturated heterocycles. The second-order valence-corrected chi connectivity index (χ2v) is 8.16. The summed E-state index contributed by atoms with van der Waals surface area (Å²) < 4.78 is 3.85. The average Bonchev–Trinajstić information content (AvgIpc) is 3.54. The Balaban J connectivity index is 1.90. The van der Waals surface area contributed by atoms with E-state index in [4.69, 9.17) is 0 Å². The van der Waals surface area contributed by atoms with Crippen LogP contribution in [0.25, 0.3) is 11.4 Å². The minimum Gasteiger partial charge on any atom is -0.212 e. The first-order chi connectivity index (χ1) is 16.9. The Morgan fingerprint density at radius 2 is 0.735 bits per heavy atom. The molecule has 34 heavy (non-hydrogen) atoms. The Bertz CT molecular complexity index is 1910. The number of hydrogen-bond donors (Lipinski definition) is 0. The van der Waals surface area contributed by atoms with Gasteiger partial charge in [0.2, 0.25) is 0 Å². The van der Waals surface area contributed by atoms with Crippen molar-refractivity contribution in [3.05, 3.63) is 151 Å². The lowest BCUT2D eigenvalue weighted by Gasteiger charge is -2.03. The fraction of sp³-hybridized carbons (Fsp3) is 0. The molecule has 1 aliphatic rings. The Kier molecular flexibility index (Phi) is 4.04. The molecule has 0 unspecified atom stereocenters. The summed E-state index contributed by atoms with van der Waals surface area (Å²) in [6.07, 6.45) is 0. The van der Waals surface area contributed by atoms with Crippen molar-refractivity contribution in [2.45, 2.75) is 0 Å². The third-order valence-electron chi connectivity index (χ3n) is 6.22. The summed E-state index contributed by atoms with van der Waals surface area (Å²) in [5.41, 5.74) is 1.91. The van der Waals surface area contributed by atoms with Gasteiger partial charge in [-0.15, -0.1) is 10.2 Å². The Hall–Kier alpha value is -4.84. The Labute approximate surface area is 193 Å². The van der Waals surface area contributed by atoms with Gasteiger partial charge in [0, 0.05) is 20.9 Å². The van der Waals surface area contributed by atoms with Gasteiger partial charge in [0.05, 0.1) is 11.4 Å². The van der Waals surface area contributed by atoms with Crippen LogP contribution < -0.4 is 0 Å². The highest BCUT2D eigenvalue weighted by Gasteiger charge is 2.11. The maximum absolute atomic E-state index is 4.67. The summed E-state index contributed by atoms with van der Waals surface area (Å²) >= 11 is 0. The monoisotopic (exact) mass is 438 g/mol. The molecule has 4 aromatic carbocycles. The van der Waals surface area contributed by atoms with Crippen molar-refractivity contribution < 1.29 is 0 Å². The molecule has 0 N–H and O–H groups in total. The van der Waals surface area contributed by atoms with Gasteiger partial charge in [0.25, 0.3) is 0 Å². The van der Waals surface area contributed by atoms with Crippen LogP contribution in [0.1, 0.15) is 0 Å². The maximum Gasteiger partial charge on any atom is 0.122 e. The highest BCUT2D eigenvalue weighted by molar-refractivity contribution is 5.34. The van der Waals surface area contributed by atoms with E-state index < -0.39 is 0 Å². The Morgan fingerprint density at radius 3 is 1.15 bits per heavy atom. The Morgan fingerprint density at radius 1 is 0.382 bits per heavy atom. The van der Waals surface area contributed by atoms with Gasteiger partial charge in [0.15, 0.2) is 0 Å². The molecular weight excluding hydrogens is 420 g/mol. The molecule has 0 aliphatic heterocycles. The largest absolute Gasteiger partial charge is 0.212 e. The molecule has 0 saturated carbocycles. The predicted octanol–water partition coefficient (Wildman–Crippen LogP) is 4.31. The summed E-state index contributed by atoms with van der Waals surface area (Å²) in [4.78, 5) is 0. The minimum atomic E-state index is 0.826. The molecule has 0 spiro atoms. The molecule has 0 radical (unpaired) electrons. The van der Waals surface area contributed by atoms with Crippen LogP contribution in [-0.2, 0) is 0 Å². The van der Waals surface area contributed by atoms with Crippen LogP contribution in [0, 0.1) is 42.3 Å². The third-order valence-corrected chi connectivity index (χ3v) is 6.22. The van der Waals surface area contributed by atoms with Crippen molar-refractivity contribution >= 4 is 0 Å². The van der Waals surface area contributed by atoms with E-state index in [1.807, 2.05) is 82.2 Å². The van der Waals surface area contributed by atoms with E-state index in [0.717, 1.165) is 53.6 Å². The molecule has 6 aromatic rings. The summed E-state index contributed by atoms with van der Waals surface area (Å²) in [6, 6.07) is 36.8. The highest BCUT2D eigenvalue weighted by Crippen LogP contribution is 2.15. The number of fused-ring (bicyclic) bond motifs is 4. The van der Waals surface area contributed by atoms with Crippen LogP contribution in [0.5, 0.6) is 0 Å². The molecule has 2 heterocycles. The lowest BCUT2D eigenvalue weighted by molar-refractivity contribution is 0.782. The van der Waals surface area contributed by atoms with E-state index in [1.165, 1.54) is 0 Å². The van der Waals surface area contributed by atoms with Gasteiger partial charge in [0.1, 0.15) is 21.4 Å². The fourth-order valence-corrected chi connectivity index (χ4v) is 4.70. The number of rotatable bonds is 2. The van der Waals surface area contributed by atoms with Crippen molar-refractivity contribution in [3.8, 4) is 11.4 Å². The van der Waals surface area contributed by atoms with E-state index >= 15 is 0 Å². The molecule has 6 nitrogen and oxygen atoms in total. The average molecular weight is 438 g/mol. The van der Waals surface area contributed by atoms with Gasteiger partial charge in [-0.1, -0.05) is 95.4 Å². The summed E-state index contributed by atoms with van der Waals surface area (Å²) in [6.45, 7) is 0. The van der Waals surface area contributed by atoms with Crippen molar-refractivity contribution in [1.29, 1.82) is 0 Å². The minimum absolute atomic E-state index is 0.826. The van der Waals surface area contributed by atoms with E-state index in [9.17, 15) is 0 Å². The van der Waals surface area contributed by atoms with Gasteiger partial charge in [-0.3, -0.25) is 0 Å². The van der Waals surface area contributed by atoms with Gasteiger partial charge < -0.3 is 0 Å². The first-order valence-corrected chi connectivity index (χ1v) is 11.1. The SMILES string of the molecule is c1ccc(-n2nnc3/c2=c2/cccc/c2=c2/c(nnn2-c2ccccc2)=c2/cccc/c2=3)cc1. The second-order valence-electron chi connectivity index (χ2n) is 8.16. The van der Waals surface area contributed by atoms with Crippen LogP contribution >= 0.6 is 0 Å². The van der Waals surface area contributed by atoms with Gasteiger partial charge >= 0.3 is 0 Å². The zero-order valence-electron chi connectivity index (χ0n) is 18.1. The summed E-state index contributed by atoms with van der Waals surface area (Å²) in [5.74, 6) is 0. The molecule has 0 bridgehead atoms. The highest BCUT2D eigenvalue weighted by atomic mass is 15.4. The molecule has 6 heteroatoms. The molecule has 0 atom stereocenters. The molecule has 2 aromatic heterocycles. The van der Waals surface area contributed by atoms with E-state index in [2.05, 4.69) is 57.0 Å². The lowest BCUT2D eigenvalue weighted by atomic mass is 10.1. The van der Waals surface area contributed by atoms with Crippen molar-refractivity contribution in [2.75, 3.05) is 0 Å². The zero-order chi connectivity index (χ0) is 22.5. The van der Waals surface area contributed by atoms with Crippen molar-refractivity contribution in [1.82, 2.24) is 30.0 Å². The molecule has 0 fully saturated rings. The first-order valence-electron chi connectivity index (χ1n) is 11.1. The van der Waals surface area contributed by atoms with E-state index in [0.29, 0.717) is 0 Å². The number of benzene rings is 4.